The predicted molar refractivity (Wildman–Crippen MR) is 105 cm³/mol. The average molecular weight is 379 g/mol. The van der Waals surface area contributed by atoms with Crippen molar-refractivity contribution in [2.45, 2.75) is 26.7 Å². The van der Waals surface area contributed by atoms with Crippen LogP contribution in [-0.2, 0) is 20.7 Å². The highest BCUT2D eigenvalue weighted by Crippen LogP contribution is 2.23. The number of carbonyl (C=O) groups excluding carboxylic acids is 3. The van der Waals surface area contributed by atoms with Gasteiger partial charge in [-0.25, -0.2) is 0 Å². The van der Waals surface area contributed by atoms with Crippen LogP contribution in [0.4, 0.5) is 5.69 Å². The van der Waals surface area contributed by atoms with Crippen LogP contribution in [0.1, 0.15) is 34.8 Å². The molecule has 0 bridgehead atoms. The molecule has 0 fully saturated rings. The maximum absolute atomic E-state index is 12.2. The third-order valence-corrected chi connectivity index (χ3v) is 4.32. The molecule has 1 aromatic heterocycles. The third-order valence-electron chi connectivity index (χ3n) is 4.32. The number of anilines is 1. The molecule has 0 unspecified atom stereocenters. The quantitative estimate of drug-likeness (QED) is 0.494. The van der Waals surface area contributed by atoms with Crippen LogP contribution in [0.3, 0.4) is 0 Å². The normalized spacial score (nSPS) is 10.6. The highest BCUT2D eigenvalue weighted by Gasteiger charge is 2.14. The Morgan fingerprint density at radius 1 is 1.07 bits per heavy atom. The molecule has 3 rings (SSSR count). The first-order chi connectivity index (χ1) is 13.5. The number of ether oxygens (including phenoxy) is 1. The van der Waals surface area contributed by atoms with Crippen molar-refractivity contribution in [3.05, 3.63) is 65.4 Å². The van der Waals surface area contributed by atoms with Crippen molar-refractivity contribution >= 4 is 34.3 Å². The number of esters is 1. The Morgan fingerprint density at radius 3 is 2.54 bits per heavy atom. The summed E-state index contributed by atoms with van der Waals surface area (Å²) in [6, 6.07) is 12.2. The van der Waals surface area contributed by atoms with E-state index in [1.54, 1.807) is 31.2 Å². The first-order valence-electron chi connectivity index (χ1n) is 9.01. The van der Waals surface area contributed by atoms with Gasteiger partial charge >= 0.3 is 5.97 Å². The molecule has 3 aromatic rings. The lowest BCUT2D eigenvalue weighted by atomic mass is 10.1. The fourth-order valence-electron chi connectivity index (χ4n) is 2.75. The molecule has 6 nitrogen and oxygen atoms in total. The van der Waals surface area contributed by atoms with Gasteiger partial charge in [-0.2, -0.15) is 0 Å². The molecule has 0 spiro atoms. The van der Waals surface area contributed by atoms with Gasteiger partial charge in [-0.05, 0) is 42.8 Å². The lowest BCUT2D eigenvalue weighted by Gasteiger charge is -2.06. The van der Waals surface area contributed by atoms with Crippen molar-refractivity contribution in [2.24, 2.45) is 0 Å². The van der Waals surface area contributed by atoms with Crippen LogP contribution in [-0.4, -0.2) is 24.3 Å². The number of Topliss-reactive ketones (excluding diaryl/α,β-unsaturated/α-hetero) is 1. The van der Waals surface area contributed by atoms with Crippen molar-refractivity contribution in [1.29, 1.82) is 0 Å². The van der Waals surface area contributed by atoms with E-state index < -0.39 is 5.97 Å². The van der Waals surface area contributed by atoms with E-state index in [-0.39, 0.29) is 24.7 Å². The fraction of sp³-hybridized carbons (Fsp3) is 0.227. The van der Waals surface area contributed by atoms with Crippen molar-refractivity contribution in [3.63, 3.8) is 0 Å². The molecule has 0 saturated carbocycles. The lowest BCUT2D eigenvalue weighted by Crippen LogP contribution is -2.15. The number of hydrogen-bond donors (Lipinski definition) is 1. The topological polar surface area (TPSA) is 85.6 Å². The molecule has 0 aliphatic carbocycles. The number of hydrogen-bond acceptors (Lipinski definition) is 5. The number of nitrogens with one attached hydrogen (secondary N) is 1. The number of ketones is 1. The number of aryl methyl sites for hydroxylation is 1. The van der Waals surface area contributed by atoms with Crippen LogP contribution < -0.4 is 5.32 Å². The summed E-state index contributed by atoms with van der Waals surface area (Å²) in [5, 5.41) is 3.57. The van der Waals surface area contributed by atoms with Gasteiger partial charge in [-0.3, -0.25) is 14.4 Å². The second-order valence-electron chi connectivity index (χ2n) is 6.50. The minimum atomic E-state index is -0.497. The van der Waals surface area contributed by atoms with Gasteiger partial charge in [0.05, 0.1) is 12.7 Å². The van der Waals surface area contributed by atoms with Crippen molar-refractivity contribution in [3.8, 4) is 0 Å². The number of amides is 1. The number of furan rings is 1. The van der Waals surface area contributed by atoms with Crippen LogP contribution in [0.25, 0.3) is 11.0 Å². The van der Waals surface area contributed by atoms with E-state index in [2.05, 4.69) is 5.32 Å². The summed E-state index contributed by atoms with van der Waals surface area (Å²) in [5.74, 6) is -0.909. The maximum Gasteiger partial charge on any atom is 0.310 e. The van der Waals surface area contributed by atoms with E-state index in [9.17, 15) is 14.4 Å². The number of benzene rings is 2. The molecule has 1 amide bonds. The summed E-state index contributed by atoms with van der Waals surface area (Å²) in [7, 11) is 0. The zero-order valence-corrected chi connectivity index (χ0v) is 15.8. The summed E-state index contributed by atoms with van der Waals surface area (Å²) in [5.41, 5.74) is 3.54. The summed E-state index contributed by atoms with van der Waals surface area (Å²) in [6.07, 6.45) is 1.95. The molecule has 2 aromatic carbocycles. The SMILES string of the molecule is CCC(=O)Nc1ccc(C(=O)COC(=O)Cc2coc3cc(C)ccc23)cc1. The van der Waals surface area contributed by atoms with Crippen LogP contribution in [0, 0.1) is 6.92 Å². The molecule has 28 heavy (non-hydrogen) atoms. The molecular formula is C22H21NO5. The Morgan fingerprint density at radius 2 is 1.82 bits per heavy atom. The van der Waals surface area contributed by atoms with Crippen LogP contribution in [0.5, 0.6) is 0 Å². The van der Waals surface area contributed by atoms with Crippen LogP contribution >= 0.6 is 0 Å². The highest BCUT2D eigenvalue weighted by molar-refractivity contribution is 5.99. The smallest absolute Gasteiger partial charge is 0.310 e. The predicted octanol–water partition coefficient (Wildman–Crippen LogP) is 4.06. The monoisotopic (exact) mass is 379 g/mol. The van der Waals surface area contributed by atoms with E-state index in [1.165, 1.54) is 6.26 Å². The third kappa shape index (κ3) is 4.65. The fourth-order valence-corrected chi connectivity index (χ4v) is 2.75. The van der Waals surface area contributed by atoms with Gasteiger partial charge in [0.1, 0.15) is 5.58 Å². The number of rotatable bonds is 7. The Hall–Kier alpha value is -3.41. The summed E-state index contributed by atoms with van der Waals surface area (Å²) >= 11 is 0. The number of fused-ring (bicyclic) bond motifs is 1. The van der Waals surface area contributed by atoms with E-state index in [4.69, 9.17) is 9.15 Å². The summed E-state index contributed by atoms with van der Waals surface area (Å²) in [4.78, 5) is 35.7. The van der Waals surface area contributed by atoms with Gasteiger partial charge in [-0.1, -0.05) is 19.1 Å². The van der Waals surface area contributed by atoms with Crippen LogP contribution in [0.2, 0.25) is 0 Å². The molecule has 0 atom stereocenters. The highest BCUT2D eigenvalue weighted by atomic mass is 16.5. The van der Waals surface area contributed by atoms with Crippen molar-refractivity contribution in [1.82, 2.24) is 0 Å². The summed E-state index contributed by atoms with van der Waals surface area (Å²) < 4.78 is 10.6. The molecular weight excluding hydrogens is 358 g/mol. The van der Waals surface area contributed by atoms with E-state index in [0.29, 0.717) is 23.3 Å². The first kappa shape index (κ1) is 19.4. The second kappa shape index (κ2) is 8.52. The Bertz CT molecular complexity index is 1020. The van der Waals surface area contributed by atoms with Gasteiger partial charge in [0.15, 0.2) is 12.4 Å². The average Bonchev–Trinajstić information content (AvgIpc) is 3.08. The summed E-state index contributed by atoms with van der Waals surface area (Å²) in [6.45, 7) is 3.38. The van der Waals surface area contributed by atoms with E-state index >= 15 is 0 Å². The van der Waals surface area contributed by atoms with E-state index in [1.807, 2.05) is 25.1 Å². The molecule has 1 heterocycles. The zero-order chi connectivity index (χ0) is 20.1. The molecule has 6 heteroatoms. The van der Waals surface area contributed by atoms with Gasteiger partial charge in [0.2, 0.25) is 5.91 Å². The van der Waals surface area contributed by atoms with Gasteiger partial charge < -0.3 is 14.5 Å². The van der Waals surface area contributed by atoms with Crippen molar-refractivity contribution in [2.75, 3.05) is 11.9 Å². The maximum atomic E-state index is 12.2. The first-order valence-corrected chi connectivity index (χ1v) is 9.01. The minimum absolute atomic E-state index is 0.0331. The standard InChI is InChI=1S/C22H21NO5/c1-3-21(25)23-17-7-5-15(6-8-17)19(24)13-28-22(26)11-16-12-27-20-10-14(2)4-9-18(16)20/h4-10,12H,3,11,13H2,1-2H3,(H,23,25). The molecule has 0 aliphatic heterocycles. The Kier molecular flexibility index (Phi) is 5.89. The molecule has 0 aliphatic rings. The van der Waals surface area contributed by atoms with Gasteiger partial charge in [0.25, 0.3) is 0 Å². The molecule has 0 saturated heterocycles. The lowest BCUT2D eigenvalue weighted by molar-refractivity contribution is -0.141. The molecule has 0 radical (unpaired) electrons. The minimum Gasteiger partial charge on any atom is -0.464 e. The Labute approximate surface area is 162 Å². The van der Waals surface area contributed by atoms with Gasteiger partial charge in [0, 0.05) is 28.6 Å². The molecule has 1 N–H and O–H groups in total. The molecule has 144 valence electrons. The van der Waals surface area contributed by atoms with Gasteiger partial charge in [-0.15, -0.1) is 0 Å². The van der Waals surface area contributed by atoms with Crippen molar-refractivity contribution < 1.29 is 23.5 Å². The zero-order valence-electron chi connectivity index (χ0n) is 15.8. The van der Waals surface area contributed by atoms with Crippen LogP contribution in [0.15, 0.2) is 53.1 Å². The largest absolute Gasteiger partial charge is 0.464 e. The van der Waals surface area contributed by atoms with E-state index in [0.717, 1.165) is 16.5 Å². The second-order valence-corrected chi connectivity index (χ2v) is 6.50. The Balaban J connectivity index is 1.55. The number of carbonyl (C=O) groups is 3.